The predicted molar refractivity (Wildman–Crippen MR) is 92.6 cm³/mol. The molecule has 1 N–H and O–H groups in total. The van der Waals surface area contributed by atoms with E-state index in [1.54, 1.807) is 0 Å². The van der Waals surface area contributed by atoms with Gasteiger partial charge in [0.15, 0.2) is 0 Å². The number of carbonyl (C=O) groups excluding carboxylic acids is 1. The number of hydrogen-bond acceptors (Lipinski definition) is 5. The third-order valence-electron chi connectivity index (χ3n) is 5.50. The molecule has 2 saturated heterocycles. The molecule has 0 aliphatic carbocycles. The third kappa shape index (κ3) is 3.41. The van der Waals surface area contributed by atoms with E-state index in [-0.39, 0.29) is 24.4 Å². The van der Waals surface area contributed by atoms with Crippen molar-refractivity contribution < 1.29 is 23.6 Å². The van der Waals surface area contributed by atoms with E-state index in [1.165, 1.54) is 7.11 Å². The molecule has 2 aliphatic rings. The minimum Gasteiger partial charge on any atom is -0.469 e. The van der Waals surface area contributed by atoms with Crippen molar-refractivity contribution in [3.8, 4) is 0 Å². The fourth-order valence-electron chi connectivity index (χ4n) is 4.19. The molecule has 0 spiro atoms. The highest BCUT2D eigenvalue weighted by Gasteiger charge is 2.60. The summed E-state index contributed by atoms with van der Waals surface area (Å²) in [6.07, 6.45) is 1.64. The SMILES string of the molecule is COC(=O)[C@H]1[C@H](CO)CN(S(=O)C(C)(C)C)[C@]1(C)C1CCOCC1. The van der Waals surface area contributed by atoms with Crippen molar-refractivity contribution in [3.05, 3.63) is 0 Å². The van der Waals surface area contributed by atoms with Gasteiger partial charge < -0.3 is 14.6 Å². The van der Waals surface area contributed by atoms with Crippen LogP contribution in [-0.4, -0.2) is 63.4 Å². The zero-order chi connectivity index (χ0) is 18.1. The second-order valence-corrected chi connectivity index (χ2v) is 10.1. The molecule has 6 nitrogen and oxygen atoms in total. The largest absolute Gasteiger partial charge is 0.469 e. The van der Waals surface area contributed by atoms with Crippen molar-refractivity contribution in [1.29, 1.82) is 0 Å². The van der Waals surface area contributed by atoms with Gasteiger partial charge in [0, 0.05) is 37.8 Å². The van der Waals surface area contributed by atoms with Crippen LogP contribution in [0.5, 0.6) is 0 Å². The zero-order valence-corrected chi connectivity index (χ0v) is 16.2. The van der Waals surface area contributed by atoms with E-state index in [0.717, 1.165) is 12.8 Å². The molecule has 24 heavy (non-hydrogen) atoms. The maximum Gasteiger partial charge on any atom is 0.311 e. The number of carbonyl (C=O) groups is 1. The molecule has 7 heteroatoms. The standard InChI is InChI=1S/C17H31NO5S/c1-16(2,3)24(21)18-10-12(11-19)14(15(20)22-5)17(18,4)13-6-8-23-9-7-13/h12-14,19H,6-11H2,1-5H3/t12-,14+,17+,24?/m0/s1. The number of methoxy groups -OCH3 is 1. The Balaban J connectivity index is 2.48. The fourth-order valence-corrected chi connectivity index (χ4v) is 5.79. The van der Waals surface area contributed by atoms with E-state index in [1.807, 2.05) is 32.0 Å². The second-order valence-electron chi connectivity index (χ2n) is 7.98. The van der Waals surface area contributed by atoms with Gasteiger partial charge in [-0.05, 0) is 46.5 Å². The van der Waals surface area contributed by atoms with Crippen molar-refractivity contribution >= 4 is 17.0 Å². The Kier molecular flexibility index (Phi) is 6.11. The normalized spacial score (nSPS) is 34.2. The lowest BCUT2D eigenvalue weighted by Crippen LogP contribution is -2.57. The number of aliphatic hydroxyl groups is 1. The fraction of sp³-hybridized carbons (Fsp3) is 0.941. The van der Waals surface area contributed by atoms with Crippen LogP contribution in [0, 0.1) is 17.8 Å². The molecule has 2 fully saturated rings. The van der Waals surface area contributed by atoms with E-state index >= 15 is 0 Å². The smallest absolute Gasteiger partial charge is 0.311 e. The minimum absolute atomic E-state index is 0.115. The molecule has 0 aromatic carbocycles. The summed E-state index contributed by atoms with van der Waals surface area (Å²) in [7, 11) is 0.108. The van der Waals surface area contributed by atoms with Crippen molar-refractivity contribution in [1.82, 2.24) is 4.31 Å². The van der Waals surface area contributed by atoms with Crippen LogP contribution in [0.1, 0.15) is 40.5 Å². The van der Waals surface area contributed by atoms with Crippen LogP contribution in [0.15, 0.2) is 0 Å². The van der Waals surface area contributed by atoms with Crippen LogP contribution < -0.4 is 0 Å². The Bertz CT molecular complexity index is 486. The third-order valence-corrected chi connectivity index (χ3v) is 7.49. The summed E-state index contributed by atoms with van der Waals surface area (Å²) in [4.78, 5) is 12.6. The Morgan fingerprint density at radius 2 is 1.96 bits per heavy atom. The highest BCUT2D eigenvalue weighted by atomic mass is 32.2. The van der Waals surface area contributed by atoms with Gasteiger partial charge in [-0.25, -0.2) is 8.51 Å². The van der Waals surface area contributed by atoms with Crippen molar-refractivity contribution in [3.63, 3.8) is 0 Å². The van der Waals surface area contributed by atoms with Crippen LogP contribution in [0.3, 0.4) is 0 Å². The molecule has 4 atom stereocenters. The Hall–Kier alpha value is -0.500. The molecule has 1 unspecified atom stereocenters. The average Bonchev–Trinajstić information content (AvgIpc) is 2.87. The summed E-state index contributed by atoms with van der Waals surface area (Å²) in [6.45, 7) is 9.45. The van der Waals surface area contributed by atoms with E-state index in [0.29, 0.717) is 19.8 Å². The maximum absolute atomic E-state index is 13.2. The molecule has 2 aliphatic heterocycles. The first kappa shape index (κ1) is 19.8. The van der Waals surface area contributed by atoms with Crippen LogP contribution in [0.4, 0.5) is 0 Å². The first-order valence-electron chi connectivity index (χ1n) is 8.64. The Morgan fingerprint density at radius 3 is 2.42 bits per heavy atom. The lowest BCUT2D eigenvalue weighted by Gasteiger charge is -2.46. The minimum atomic E-state index is -1.27. The summed E-state index contributed by atoms with van der Waals surface area (Å²) < 4.78 is 25.3. The molecule has 140 valence electrons. The molecular formula is C17H31NO5S. The first-order chi connectivity index (χ1) is 11.2. The number of hydrogen-bond donors (Lipinski definition) is 1. The maximum atomic E-state index is 13.2. The molecule has 2 rings (SSSR count). The molecule has 0 bridgehead atoms. The van der Waals surface area contributed by atoms with Gasteiger partial charge in [-0.3, -0.25) is 4.79 Å². The van der Waals surface area contributed by atoms with Gasteiger partial charge >= 0.3 is 5.97 Å². The molecule has 0 amide bonds. The van der Waals surface area contributed by atoms with Crippen LogP contribution in [0.2, 0.25) is 0 Å². The van der Waals surface area contributed by atoms with Gasteiger partial charge in [0.2, 0.25) is 0 Å². The summed E-state index contributed by atoms with van der Waals surface area (Å²) in [5.41, 5.74) is -0.609. The van der Waals surface area contributed by atoms with E-state index in [9.17, 15) is 14.1 Å². The van der Waals surface area contributed by atoms with E-state index < -0.39 is 27.2 Å². The van der Waals surface area contributed by atoms with Gasteiger partial charge in [0.25, 0.3) is 0 Å². The van der Waals surface area contributed by atoms with E-state index in [4.69, 9.17) is 9.47 Å². The van der Waals surface area contributed by atoms with Gasteiger partial charge in [0.05, 0.1) is 17.8 Å². The highest BCUT2D eigenvalue weighted by Crippen LogP contribution is 2.49. The Morgan fingerprint density at radius 1 is 1.38 bits per heavy atom. The van der Waals surface area contributed by atoms with Gasteiger partial charge in [-0.2, -0.15) is 0 Å². The zero-order valence-electron chi connectivity index (χ0n) is 15.4. The van der Waals surface area contributed by atoms with Crippen LogP contribution >= 0.6 is 0 Å². The Labute approximate surface area is 147 Å². The highest BCUT2D eigenvalue weighted by molar-refractivity contribution is 7.84. The average molecular weight is 362 g/mol. The van der Waals surface area contributed by atoms with Gasteiger partial charge in [0.1, 0.15) is 11.0 Å². The molecule has 0 saturated carbocycles. The topological polar surface area (TPSA) is 76.1 Å². The first-order valence-corrected chi connectivity index (χ1v) is 9.74. The van der Waals surface area contributed by atoms with Gasteiger partial charge in [-0.1, -0.05) is 0 Å². The second kappa shape index (κ2) is 7.40. The molecule has 0 aromatic heterocycles. The van der Waals surface area contributed by atoms with Crippen molar-refractivity contribution in [2.24, 2.45) is 17.8 Å². The van der Waals surface area contributed by atoms with Crippen molar-refractivity contribution in [2.75, 3.05) is 33.5 Å². The molecule has 0 aromatic rings. The predicted octanol–water partition coefficient (Wildman–Crippen LogP) is 1.35. The van der Waals surface area contributed by atoms with Crippen molar-refractivity contribution in [2.45, 2.75) is 50.8 Å². The van der Waals surface area contributed by atoms with Gasteiger partial charge in [-0.15, -0.1) is 0 Å². The molecule has 2 heterocycles. The molecular weight excluding hydrogens is 330 g/mol. The van der Waals surface area contributed by atoms with Crippen LogP contribution in [-0.2, 0) is 25.3 Å². The number of rotatable bonds is 4. The quantitative estimate of drug-likeness (QED) is 0.765. The lowest BCUT2D eigenvalue weighted by atomic mass is 9.70. The molecule has 0 radical (unpaired) electrons. The lowest BCUT2D eigenvalue weighted by molar-refractivity contribution is -0.152. The number of aliphatic hydroxyl groups excluding tert-OH is 1. The van der Waals surface area contributed by atoms with Crippen LogP contribution in [0.25, 0.3) is 0 Å². The summed E-state index contributed by atoms with van der Waals surface area (Å²) in [6, 6.07) is 0. The number of ether oxygens (including phenoxy) is 2. The summed E-state index contributed by atoms with van der Waals surface area (Å²) >= 11 is 0. The summed E-state index contributed by atoms with van der Waals surface area (Å²) in [5.74, 6) is -0.895. The number of nitrogens with zero attached hydrogens (tertiary/aromatic N) is 1. The van der Waals surface area contributed by atoms with E-state index in [2.05, 4.69) is 0 Å². The number of esters is 1. The summed E-state index contributed by atoms with van der Waals surface area (Å²) in [5, 5.41) is 9.86. The monoisotopic (exact) mass is 361 g/mol.